The molecule has 3 N–H and O–H groups in total. The molecule has 0 radical (unpaired) electrons. The van der Waals surface area contributed by atoms with Gasteiger partial charge in [-0.25, -0.2) is 15.0 Å². The van der Waals surface area contributed by atoms with E-state index in [2.05, 4.69) is 16.2 Å². The SMILES string of the molecule is CC(C)(C)OC(=O)N[C@@H]1CC[C@@H](C(=O)NNC(=O)OCc2ccccc2)OC1. The Labute approximate surface area is 164 Å². The quantitative estimate of drug-likeness (QED) is 0.674. The van der Waals surface area contributed by atoms with Gasteiger partial charge >= 0.3 is 12.2 Å². The molecule has 0 aromatic heterocycles. The number of hydrogen-bond acceptors (Lipinski definition) is 6. The van der Waals surface area contributed by atoms with Crippen molar-refractivity contribution < 1.29 is 28.6 Å². The molecule has 9 heteroatoms. The van der Waals surface area contributed by atoms with Gasteiger partial charge in [-0.05, 0) is 39.2 Å². The number of hydrogen-bond donors (Lipinski definition) is 3. The van der Waals surface area contributed by atoms with Gasteiger partial charge in [0, 0.05) is 0 Å². The molecule has 1 heterocycles. The Hall–Kier alpha value is -2.81. The zero-order valence-corrected chi connectivity index (χ0v) is 16.3. The van der Waals surface area contributed by atoms with E-state index >= 15 is 0 Å². The third-order valence-corrected chi connectivity index (χ3v) is 3.79. The Morgan fingerprint density at radius 3 is 2.39 bits per heavy atom. The third-order valence-electron chi connectivity index (χ3n) is 3.79. The molecule has 2 atom stereocenters. The van der Waals surface area contributed by atoms with Crippen LogP contribution in [0.2, 0.25) is 0 Å². The fraction of sp³-hybridized carbons (Fsp3) is 0.526. The summed E-state index contributed by atoms with van der Waals surface area (Å²) < 4.78 is 15.7. The summed E-state index contributed by atoms with van der Waals surface area (Å²) in [6.45, 7) is 5.61. The summed E-state index contributed by atoms with van der Waals surface area (Å²) in [5.41, 5.74) is 4.72. The second kappa shape index (κ2) is 9.93. The van der Waals surface area contributed by atoms with Gasteiger partial charge < -0.3 is 19.5 Å². The van der Waals surface area contributed by atoms with Gasteiger partial charge in [-0.3, -0.25) is 10.2 Å². The number of ether oxygens (including phenoxy) is 3. The predicted octanol–water partition coefficient (Wildman–Crippen LogP) is 2.02. The molecular weight excluding hydrogens is 366 g/mol. The van der Waals surface area contributed by atoms with Gasteiger partial charge in [0.25, 0.3) is 5.91 Å². The lowest BCUT2D eigenvalue weighted by molar-refractivity contribution is -0.137. The smallest absolute Gasteiger partial charge is 0.426 e. The molecule has 154 valence electrons. The number of rotatable bonds is 4. The van der Waals surface area contributed by atoms with Gasteiger partial charge in [-0.2, -0.15) is 0 Å². The molecular formula is C19H27N3O6. The van der Waals surface area contributed by atoms with Gasteiger partial charge in [-0.15, -0.1) is 0 Å². The van der Waals surface area contributed by atoms with Crippen molar-refractivity contribution in [2.45, 2.75) is 58.0 Å². The molecule has 3 amide bonds. The fourth-order valence-electron chi connectivity index (χ4n) is 2.50. The number of alkyl carbamates (subject to hydrolysis) is 1. The second-order valence-corrected chi connectivity index (χ2v) is 7.42. The molecule has 0 aliphatic carbocycles. The average Bonchev–Trinajstić information content (AvgIpc) is 2.64. The highest BCUT2D eigenvalue weighted by Crippen LogP contribution is 2.15. The Kier molecular flexibility index (Phi) is 7.62. The maximum Gasteiger partial charge on any atom is 0.426 e. The van der Waals surface area contributed by atoms with Gasteiger partial charge in [-0.1, -0.05) is 30.3 Å². The summed E-state index contributed by atoms with van der Waals surface area (Å²) in [6, 6.07) is 8.95. The Balaban J connectivity index is 1.63. The number of nitrogens with one attached hydrogen (secondary N) is 3. The van der Waals surface area contributed by atoms with E-state index in [0.29, 0.717) is 12.8 Å². The van der Waals surface area contributed by atoms with Crippen LogP contribution in [0.1, 0.15) is 39.2 Å². The number of hydrazine groups is 1. The molecule has 28 heavy (non-hydrogen) atoms. The first kappa shape index (κ1) is 21.5. The molecule has 2 rings (SSSR count). The first-order valence-corrected chi connectivity index (χ1v) is 9.10. The van der Waals surface area contributed by atoms with Crippen LogP contribution in [0, 0.1) is 0 Å². The lowest BCUT2D eigenvalue weighted by Gasteiger charge is -2.29. The Morgan fingerprint density at radius 2 is 1.79 bits per heavy atom. The van der Waals surface area contributed by atoms with Crippen molar-refractivity contribution in [3.63, 3.8) is 0 Å². The van der Waals surface area contributed by atoms with Crippen molar-refractivity contribution in [2.24, 2.45) is 0 Å². The topological polar surface area (TPSA) is 115 Å². The Morgan fingerprint density at radius 1 is 1.07 bits per heavy atom. The number of carbonyl (C=O) groups excluding carboxylic acids is 3. The first-order chi connectivity index (χ1) is 13.2. The third kappa shape index (κ3) is 7.83. The van der Waals surface area contributed by atoms with Crippen LogP contribution in [-0.2, 0) is 25.6 Å². The van der Waals surface area contributed by atoms with Gasteiger partial charge in [0.1, 0.15) is 18.3 Å². The highest BCUT2D eigenvalue weighted by Gasteiger charge is 2.29. The second-order valence-electron chi connectivity index (χ2n) is 7.42. The first-order valence-electron chi connectivity index (χ1n) is 9.10. The number of benzene rings is 1. The summed E-state index contributed by atoms with van der Waals surface area (Å²) in [5, 5.41) is 2.71. The summed E-state index contributed by atoms with van der Waals surface area (Å²) in [4.78, 5) is 35.5. The minimum absolute atomic E-state index is 0.0977. The van der Waals surface area contributed by atoms with E-state index in [0.717, 1.165) is 5.56 Å². The van der Waals surface area contributed by atoms with E-state index in [9.17, 15) is 14.4 Å². The minimum Gasteiger partial charge on any atom is -0.444 e. The molecule has 1 aliphatic rings. The molecule has 1 aromatic carbocycles. The van der Waals surface area contributed by atoms with Crippen molar-refractivity contribution >= 4 is 18.1 Å². The van der Waals surface area contributed by atoms with E-state index in [1.807, 2.05) is 30.3 Å². The largest absolute Gasteiger partial charge is 0.444 e. The molecule has 1 fully saturated rings. The summed E-state index contributed by atoms with van der Waals surface area (Å²) in [5.74, 6) is -0.479. The van der Waals surface area contributed by atoms with Gasteiger partial charge in [0.05, 0.1) is 12.6 Å². The van der Waals surface area contributed by atoms with Crippen molar-refractivity contribution in [1.82, 2.24) is 16.2 Å². The maximum absolute atomic E-state index is 12.1. The highest BCUT2D eigenvalue weighted by molar-refractivity contribution is 5.82. The summed E-state index contributed by atoms with van der Waals surface area (Å²) in [6.07, 6.45) is -1.06. The molecule has 1 aromatic rings. The van der Waals surface area contributed by atoms with Gasteiger partial charge in [0.2, 0.25) is 0 Å². The predicted molar refractivity (Wildman–Crippen MR) is 100 cm³/mol. The maximum atomic E-state index is 12.1. The van der Waals surface area contributed by atoms with Crippen LogP contribution in [0.25, 0.3) is 0 Å². The molecule has 0 bridgehead atoms. The van der Waals surface area contributed by atoms with Crippen LogP contribution >= 0.6 is 0 Å². The fourth-order valence-corrected chi connectivity index (χ4v) is 2.50. The normalized spacial score (nSPS) is 19.2. The molecule has 0 saturated carbocycles. The minimum atomic E-state index is -0.766. The van der Waals surface area contributed by atoms with E-state index in [1.165, 1.54) is 0 Å². The lowest BCUT2D eigenvalue weighted by Crippen LogP contribution is -2.51. The standard InChI is InChI=1S/C19H27N3O6/c1-19(2,3)28-17(24)20-14-9-10-15(26-12-14)16(23)21-22-18(25)27-11-13-7-5-4-6-8-13/h4-8,14-15H,9-12H2,1-3H3,(H,20,24)(H,21,23)(H,22,25)/t14-,15+/m1/s1. The monoisotopic (exact) mass is 393 g/mol. The van der Waals surface area contributed by atoms with E-state index in [4.69, 9.17) is 14.2 Å². The van der Waals surface area contributed by atoms with Crippen molar-refractivity contribution in [2.75, 3.05) is 6.61 Å². The van der Waals surface area contributed by atoms with Crippen LogP contribution < -0.4 is 16.2 Å². The van der Waals surface area contributed by atoms with Crippen molar-refractivity contribution in [3.8, 4) is 0 Å². The van der Waals surface area contributed by atoms with Crippen LogP contribution in [0.15, 0.2) is 30.3 Å². The Bertz CT molecular complexity index is 666. The molecule has 0 unspecified atom stereocenters. The van der Waals surface area contributed by atoms with Gasteiger partial charge in [0.15, 0.2) is 0 Å². The summed E-state index contributed by atoms with van der Waals surface area (Å²) >= 11 is 0. The summed E-state index contributed by atoms with van der Waals surface area (Å²) in [7, 11) is 0. The van der Waals surface area contributed by atoms with E-state index < -0.39 is 29.8 Å². The zero-order chi connectivity index (χ0) is 20.6. The van der Waals surface area contributed by atoms with E-state index in [1.54, 1.807) is 20.8 Å². The van der Waals surface area contributed by atoms with Crippen LogP contribution in [0.4, 0.5) is 9.59 Å². The number of amides is 3. The van der Waals surface area contributed by atoms with Crippen LogP contribution in [0.5, 0.6) is 0 Å². The molecule has 1 saturated heterocycles. The molecule has 9 nitrogen and oxygen atoms in total. The molecule has 0 spiro atoms. The highest BCUT2D eigenvalue weighted by atomic mass is 16.6. The van der Waals surface area contributed by atoms with Crippen molar-refractivity contribution in [3.05, 3.63) is 35.9 Å². The number of carbonyl (C=O) groups is 3. The van der Waals surface area contributed by atoms with Crippen LogP contribution in [0.3, 0.4) is 0 Å². The van der Waals surface area contributed by atoms with Crippen LogP contribution in [-0.4, -0.2) is 42.4 Å². The average molecular weight is 393 g/mol. The van der Waals surface area contributed by atoms with Crippen molar-refractivity contribution in [1.29, 1.82) is 0 Å². The lowest BCUT2D eigenvalue weighted by atomic mass is 10.0. The zero-order valence-electron chi connectivity index (χ0n) is 16.3. The van der Waals surface area contributed by atoms with E-state index in [-0.39, 0.29) is 19.3 Å². The molecule has 1 aliphatic heterocycles.